The molecule has 0 aromatic heterocycles. The highest BCUT2D eigenvalue weighted by molar-refractivity contribution is 6.30. The number of halogens is 1. The van der Waals surface area contributed by atoms with Gasteiger partial charge in [0.05, 0.1) is 0 Å². The molecule has 0 radical (unpaired) electrons. The lowest BCUT2D eigenvalue weighted by Crippen LogP contribution is -2.31. The van der Waals surface area contributed by atoms with Crippen molar-refractivity contribution in [1.82, 2.24) is 5.32 Å². The first-order valence-electron chi connectivity index (χ1n) is 12.3. The van der Waals surface area contributed by atoms with Crippen LogP contribution in [0.2, 0.25) is 5.02 Å². The molecule has 35 heavy (non-hydrogen) atoms. The second-order valence-corrected chi connectivity index (χ2v) is 9.69. The zero-order chi connectivity index (χ0) is 24.0. The van der Waals surface area contributed by atoms with Crippen LogP contribution in [-0.2, 0) is 6.54 Å². The summed E-state index contributed by atoms with van der Waals surface area (Å²) in [4.78, 5) is 0. The van der Waals surface area contributed by atoms with E-state index < -0.39 is 0 Å². The third-order valence-corrected chi connectivity index (χ3v) is 7.07. The van der Waals surface area contributed by atoms with E-state index in [9.17, 15) is 0 Å². The van der Waals surface area contributed by atoms with Gasteiger partial charge in [-0.3, -0.25) is 0 Å². The fourth-order valence-corrected chi connectivity index (χ4v) is 4.90. The molecule has 5 aromatic carbocycles. The molecule has 0 heterocycles. The monoisotopic (exact) mass is 475 g/mol. The van der Waals surface area contributed by atoms with E-state index in [1.165, 1.54) is 38.2 Å². The summed E-state index contributed by atoms with van der Waals surface area (Å²) in [6.45, 7) is 3.12. The molecule has 0 bridgehead atoms. The highest BCUT2D eigenvalue weighted by Gasteiger charge is 2.18. The van der Waals surface area contributed by atoms with E-state index in [1.54, 1.807) is 0 Å². The Balaban J connectivity index is 1.31. The number of fused-ring (bicyclic) bond motifs is 2. The molecule has 1 N–H and O–H groups in total. The van der Waals surface area contributed by atoms with Crippen LogP contribution in [0.4, 0.5) is 0 Å². The van der Waals surface area contributed by atoms with Gasteiger partial charge in [0.15, 0.2) is 0 Å². The molecule has 2 unspecified atom stereocenters. The van der Waals surface area contributed by atoms with Crippen molar-refractivity contribution in [3.05, 3.63) is 137 Å². The Morgan fingerprint density at radius 2 is 1.34 bits per heavy atom. The fraction of sp³-hybridized carbons (Fsp3) is 0.152. The van der Waals surface area contributed by atoms with Gasteiger partial charge in [0.2, 0.25) is 0 Å². The molecule has 2 atom stereocenters. The molecule has 5 aromatic rings. The SMILES string of the molecule is CC(NCc1ccc2ccccc2c1)C(C/C=C/c1ccc2ccccc2c1)c1ccc(Cl)cc1. The van der Waals surface area contributed by atoms with Gasteiger partial charge in [-0.15, -0.1) is 0 Å². The number of hydrogen-bond donors (Lipinski definition) is 1. The van der Waals surface area contributed by atoms with E-state index in [-0.39, 0.29) is 0 Å². The molecule has 0 saturated carbocycles. The summed E-state index contributed by atoms with van der Waals surface area (Å²) in [7, 11) is 0. The predicted molar refractivity (Wildman–Crippen MR) is 152 cm³/mol. The van der Waals surface area contributed by atoms with Gasteiger partial charge < -0.3 is 5.32 Å². The third kappa shape index (κ3) is 5.82. The van der Waals surface area contributed by atoms with Crippen LogP contribution in [0.25, 0.3) is 27.6 Å². The van der Waals surface area contributed by atoms with Gasteiger partial charge in [0.25, 0.3) is 0 Å². The highest BCUT2D eigenvalue weighted by atomic mass is 35.5. The van der Waals surface area contributed by atoms with Crippen molar-refractivity contribution in [2.24, 2.45) is 0 Å². The van der Waals surface area contributed by atoms with Gasteiger partial charge in [0, 0.05) is 23.5 Å². The molecular formula is C33H30ClN. The fourth-order valence-electron chi connectivity index (χ4n) is 4.77. The highest BCUT2D eigenvalue weighted by Crippen LogP contribution is 2.27. The van der Waals surface area contributed by atoms with Crippen molar-refractivity contribution in [2.75, 3.05) is 0 Å². The third-order valence-electron chi connectivity index (χ3n) is 6.82. The van der Waals surface area contributed by atoms with Gasteiger partial charge in [-0.1, -0.05) is 109 Å². The van der Waals surface area contributed by atoms with Crippen LogP contribution >= 0.6 is 11.6 Å². The minimum atomic E-state index is 0.295. The zero-order valence-electron chi connectivity index (χ0n) is 20.0. The quantitative estimate of drug-likeness (QED) is 0.236. The lowest BCUT2D eigenvalue weighted by molar-refractivity contribution is 0.460. The average molecular weight is 476 g/mol. The smallest absolute Gasteiger partial charge is 0.0406 e. The first kappa shape index (κ1) is 23.4. The van der Waals surface area contributed by atoms with E-state index in [1.807, 2.05) is 12.1 Å². The van der Waals surface area contributed by atoms with E-state index in [2.05, 4.69) is 121 Å². The lowest BCUT2D eigenvalue weighted by Gasteiger charge is -2.25. The number of rotatable bonds is 8. The first-order valence-corrected chi connectivity index (χ1v) is 12.7. The van der Waals surface area contributed by atoms with Crippen molar-refractivity contribution < 1.29 is 0 Å². The van der Waals surface area contributed by atoms with Crippen LogP contribution in [-0.4, -0.2) is 6.04 Å². The molecule has 0 aliphatic heterocycles. The Morgan fingerprint density at radius 3 is 2.06 bits per heavy atom. The number of allylic oxidation sites excluding steroid dienone is 1. The summed E-state index contributed by atoms with van der Waals surface area (Å²) in [6, 6.07) is 39.0. The van der Waals surface area contributed by atoms with Gasteiger partial charge in [-0.2, -0.15) is 0 Å². The average Bonchev–Trinajstić information content (AvgIpc) is 2.90. The Hall–Kier alpha value is -3.39. The molecule has 1 nitrogen and oxygen atoms in total. The maximum absolute atomic E-state index is 6.19. The lowest BCUT2D eigenvalue weighted by atomic mass is 9.88. The van der Waals surface area contributed by atoms with Crippen LogP contribution < -0.4 is 5.32 Å². The summed E-state index contributed by atoms with van der Waals surface area (Å²) < 4.78 is 0. The molecule has 2 heteroatoms. The van der Waals surface area contributed by atoms with Gasteiger partial charge in [0.1, 0.15) is 0 Å². The molecule has 5 rings (SSSR count). The van der Waals surface area contributed by atoms with Crippen molar-refractivity contribution in [3.63, 3.8) is 0 Å². The van der Waals surface area contributed by atoms with Gasteiger partial charge in [-0.05, 0) is 75.8 Å². The van der Waals surface area contributed by atoms with Gasteiger partial charge in [-0.25, -0.2) is 0 Å². The van der Waals surface area contributed by atoms with E-state index in [4.69, 9.17) is 11.6 Å². The summed E-state index contributed by atoms with van der Waals surface area (Å²) >= 11 is 6.19. The van der Waals surface area contributed by atoms with Crippen molar-refractivity contribution in [2.45, 2.75) is 31.8 Å². The Morgan fingerprint density at radius 1 is 0.714 bits per heavy atom. The van der Waals surface area contributed by atoms with Crippen LogP contribution in [0.5, 0.6) is 0 Å². The summed E-state index contributed by atoms with van der Waals surface area (Å²) in [5, 5.41) is 9.67. The second kappa shape index (κ2) is 10.9. The first-order chi connectivity index (χ1) is 17.2. The molecule has 0 aliphatic carbocycles. The van der Waals surface area contributed by atoms with Crippen LogP contribution in [0, 0.1) is 0 Å². The van der Waals surface area contributed by atoms with Crippen molar-refractivity contribution in [3.8, 4) is 0 Å². The van der Waals surface area contributed by atoms with Crippen LogP contribution in [0.1, 0.15) is 36.0 Å². The maximum Gasteiger partial charge on any atom is 0.0406 e. The largest absolute Gasteiger partial charge is 0.310 e. The predicted octanol–water partition coefficient (Wildman–Crippen LogP) is 9.01. The van der Waals surface area contributed by atoms with Crippen LogP contribution in [0.15, 0.2) is 115 Å². The summed E-state index contributed by atoms with van der Waals surface area (Å²) in [5.74, 6) is 0.337. The van der Waals surface area contributed by atoms with Crippen molar-refractivity contribution in [1.29, 1.82) is 0 Å². The molecule has 0 spiro atoms. The molecule has 0 amide bonds. The normalized spacial score (nSPS) is 13.4. The molecule has 0 fully saturated rings. The summed E-state index contributed by atoms with van der Waals surface area (Å²) in [6.07, 6.45) is 5.49. The van der Waals surface area contributed by atoms with Gasteiger partial charge >= 0.3 is 0 Å². The van der Waals surface area contributed by atoms with Crippen molar-refractivity contribution >= 4 is 39.2 Å². The van der Waals surface area contributed by atoms with Crippen LogP contribution in [0.3, 0.4) is 0 Å². The number of nitrogens with one attached hydrogen (secondary N) is 1. The zero-order valence-corrected chi connectivity index (χ0v) is 20.7. The maximum atomic E-state index is 6.19. The Labute approximate surface area is 213 Å². The standard InChI is InChI=1S/C33H30ClN/c1-24(35-23-26-14-16-28-9-3-5-11-31(28)22-26)33(29-17-19-32(34)20-18-29)12-6-7-25-13-15-27-8-2-4-10-30(27)21-25/h2-11,13-22,24,33,35H,12,23H2,1H3/b7-6+. The van der Waals surface area contributed by atoms with E-state index in [0.717, 1.165) is 18.0 Å². The second-order valence-electron chi connectivity index (χ2n) is 9.25. The molecule has 174 valence electrons. The molecule has 0 saturated heterocycles. The minimum Gasteiger partial charge on any atom is -0.310 e. The minimum absolute atomic E-state index is 0.295. The topological polar surface area (TPSA) is 12.0 Å². The number of hydrogen-bond acceptors (Lipinski definition) is 1. The number of benzene rings is 5. The molecular weight excluding hydrogens is 446 g/mol. The van der Waals surface area contributed by atoms with E-state index >= 15 is 0 Å². The summed E-state index contributed by atoms with van der Waals surface area (Å²) in [5.41, 5.74) is 3.84. The van der Waals surface area contributed by atoms with E-state index in [0.29, 0.717) is 12.0 Å². The molecule has 0 aliphatic rings. The Kier molecular flexibility index (Phi) is 7.28. The Bertz CT molecular complexity index is 1450.